The van der Waals surface area contributed by atoms with Gasteiger partial charge in [0.15, 0.2) is 0 Å². The minimum absolute atomic E-state index is 0.136. The van der Waals surface area contributed by atoms with Crippen LogP contribution >= 0.6 is 0 Å². The van der Waals surface area contributed by atoms with Gasteiger partial charge in [-0.05, 0) is 43.5 Å². The average Bonchev–Trinajstić information content (AvgIpc) is 3.17. The van der Waals surface area contributed by atoms with E-state index >= 15 is 0 Å². The number of pyridine rings is 1. The maximum atomic E-state index is 12.6. The molecule has 1 amide bonds. The highest BCUT2D eigenvalue weighted by Crippen LogP contribution is 2.27. The van der Waals surface area contributed by atoms with Crippen LogP contribution in [0.25, 0.3) is 0 Å². The number of benzene rings is 1. The molecule has 2 unspecified atom stereocenters. The Labute approximate surface area is 183 Å². The van der Waals surface area contributed by atoms with Gasteiger partial charge in [-0.15, -0.1) is 0 Å². The number of piperidine rings is 1. The first-order chi connectivity index (χ1) is 14.9. The second kappa shape index (κ2) is 9.21. The molecule has 2 aromatic rings. The molecule has 2 aliphatic rings. The van der Waals surface area contributed by atoms with Gasteiger partial charge in [0.1, 0.15) is 17.2 Å². The number of carbonyl (C=O) groups excluding carboxylic acids is 1. The van der Waals surface area contributed by atoms with Crippen molar-refractivity contribution in [2.24, 2.45) is 0 Å². The fourth-order valence-electron chi connectivity index (χ4n) is 4.15. The predicted octanol–water partition coefficient (Wildman–Crippen LogP) is 1.66. The van der Waals surface area contributed by atoms with E-state index in [4.69, 9.17) is 4.98 Å². The van der Waals surface area contributed by atoms with Crippen molar-refractivity contribution < 1.29 is 9.90 Å². The fourth-order valence-corrected chi connectivity index (χ4v) is 4.15. The molecule has 8 heteroatoms. The number of amides is 1. The molecule has 31 heavy (non-hydrogen) atoms. The van der Waals surface area contributed by atoms with Gasteiger partial charge in [0.05, 0.1) is 6.17 Å². The van der Waals surface area contributed by atoms with Crippen molar-refractivity contribution in [3.05, 3.63) is 53.6 Å². The first-order valence-corrected chi connectivity index (χ1v) is 11.0. The Morgan fingerprint density at radius 2 is 1.97 bits per heavy atom. The van der Waals surface area contributed by atoms with E-state index in [-0.39, 0.29) is 12.1 Å². The molecule has 0 spiro atoms. The number of aromatic nitrogens is 1. The Morgan fingerprint density at radius 1 is 1.23 bits per heavy atom. The Kier molecular flexibility index (Phi) is 6.41. The predicted molar refractivity (Wildman–Crippen MR) is 121 cm³/mol. The van der Waals surface area contributed by atoms with Gasteiger partial charge >= 0.3 is 0 Å². The quantitative estimate of drug-likeness (QED) is 0.481. The van der Waals surface area contributed by atoms with Gasteiger partial charge in [0.2, 0.25) is 0 Å². The number of hydrogen-bond donors (Lipinski definition) is 5. The number of nitrogens with one attached hydrogen (secondary N) is 4. The van der Waals surface area contributed by atoms with E-state index in [0.29, 0.717) is 38.5 Å². The SMILES string of the molecule is Cc1cc(NC2CC(C)NN2)nc(N2CCC(O)(C(=O)NCc3ccccc3)CC2)c1. The largest absolute Gasteiger partial charge is 0.380 e. The molecule has 2 aliphatic heterocycles. The van der Waals surface area contributed by atoms with Crippen LogP contribution < -0.4 is 26.4 Å². The topological polar surface area (TPSA) is 102 Å². The summed E-state index contributed by atoms with van der Waals surface area (Å²) in [5.74, 6) is 1.39. The first kappa shape index (κ1) is 21.5. The third-order valence-electron chi connectivity index (χ3n) is 6.00. The number of aryl methyl sites for hydroxylation is 1. The second-order valence-electron chi connectivity index (χ2n) is 8.70. The van der Waals surface area contributed by atoms with Gasteiger partial charge in [-0.1, -0.05) is 30.3 Å². The van der Waals surface area contributed by atoms with E-state index in [1.807, 2.05) is 42.5 Å². The van der Waals surface area contributed by atoms with E-state index in [9.17, 15) is 9.90 Å². The maximum absolute atomic E-state index is 12.6. The van der Waals surface area contributed by atoms with E-state index in [2.05, 4.69) is 40.2 Å². The van der Waals surface area contributed by atoms with Crippen LogP contribution in [0, 0.1) is 6.92 Å². The molecule has 2 saturated heterocycles. The average molecular weight is 425 g/mol. The van der Waals surface area contributed by atoms with Crippen LogP contribution in [0.3, 0.4) is 0 Å². The van der Waals surface area contributed by atoms with Crippen LogP contribution in [-0.2, 0) is 11.3 Å². The Bertz CT molecular complexity index is 898. The van der Waals surface area contributed by atoms with Crippen molar-refractivity contribution >= 4 is 17.5 Å². The van der Waals surface area contributed by atoms with Crippen molar-refractivity contribution in [3.63, 3.8) is 0 Å². The van der Waals surface area contributed by atoms with Gasteiger partial charge < -0.3 is 20.6 Å². The zero-order valence-electron chi connectivity index (χ0n) is 18.2. The highest BCUT2D eigenvalue weighted by Gasteiger charge is 2.39. The summed E-state index contributed by atoms with van der Waals surface area (Å²) in [6, 6.07) is 14.2. The van der Waals surface area contributed by atoms with Crippen molar-refractivity contribution in [2.45, 2.75) is 57.5 Å². The fraction of sp³-hybridized carbons (Fsp3) is 0.478. The van der Waals surface area contributed by atoms with Gasteiger partial charge in [0.25, 0.3) is 5.91 Å². The highest BCUT2D eigenvalue weighted by molar-refractivity contribution is 5.85. The summed E-state index contributed by atoms with van der Waals surface area (Å²) in [7, 11) is 0. The third kappa shape index (κ3) is 5.33. The molecule has 1 aromatic carbocycles. The Morgan fingerprint density at radius 3 is 2.65 bits per heavy atom. The first-order valence-electron chi connectivity index (χ1n) is 11.0. The summed E-state index contributed by atoms with van der Waals surface area (Å²) >= 11 is 0. The number of carbonyl (C=O) groups is 1. The summed E-state index contributed by atoms with van der Waals surface area (Å²) in [4.78, 5) is 19.6. The smallest absolute Gasteiger partial charge is 0.252 e. The molecule has 3 heterocycles. The minimum Gasteiger partial charge on any atom is -0.380 e. The standard InChI is InChI=1S/C23H32N6O2/c1-16-12-19(25-20-14-17(2)27-28-20)26-21(13-16)29-10-8-23(31,9-11-29)22(30)24-15-18-6-4-3-5-7-18/h3-7,12-13,17,20,27-28,31H,8-11,14-15H2,1-2H3,(H,24,30)(H,25,26). The van der Waals surface area contributed by atoms with Crippen LogP contribution in [0.15, 0.2) is 42.5 Å². The normalized spacial score (nSPS) is 22.9. The monoisotopic (exact) mass is 424 g/mol. The van der Waals surface area contributed by atoms with Crippen LogP contribution in [0.5, 0.6) is 0 Å². The lowest BCUT2D eigenvalue weighted by Gasteiger charge is -2.37. The third-order valence-corrected chi connectivity index (χ3v) is 6.00. The molecule has 0 radical (unpaired) electrons. The molecule has 0 bridgehead atoms. The molecular weight excluding hydrogens is 392 g/mol. The van der Waals surface area contributed by atoms with E-state index in [1.54, 1.807) is 0 Å². The summed E-state index contributed by atoms with van der Waals surface area (Å²) in [5, 5.41) is 17.2. The van der Waals surface area contributed by atoms with Gasteiger partial charge in [0, 0.05) is 38.5 Å². The van der Waals surface area contributed by atoms with Crippen molar-refractivity contribution in [2.75, 3.05) is 23.3 Å². The number of rotatable bonds is 6. The number of hydrazine groups is 1. The van der Waals surface area contributed by atoms with Crippen LogP contribution in [-0.4, -0.2) is 46.9 Å². The van der Waals surface area contributed by atoms with Gasteiger partial charge in [-0.3, -0.25) is 10.2 Å². The van der Waals surface area contributed by atoms with E-state index < -0.39 is 5.60 Å². The van der Waals surface area contributed by atoms with Crippen LogP contribution in [0.2, 0.25) is 0 Å². The van der Waals surface area contributed by atoms with Crippen LogP contribution in [0.1, 0.15) is 37.3 Å². The Hall–Kier alpha value is -2.68. The molecule has 8 nitrogen and oxygen atoms in total. The molecule has 4 rings (SSSR count). The summed E-state index contributed by atoms with van der Waals surface area (Å²) in [5.41, 5.74) is 7.23. The zero-order valence-corrected chi connectivity index (χ0v) is 18.2. The maximum Gasteiger partial charge on any atom is 0.252 e. The molecule has 166 valence electrons. The van der Waals surface area contributed by atoms with Gasteiger partial charge in [-0.25, -0.2) is 10.4 Å². The zero-order chi connectivity index (χ0) is 21.8. The number of nitrogens with zero attached hydrogens (tertiary/aromatic N) is 2. The molecule has 2 atom stereocenters. The summed E-state index contributed by atoms with van der Waals surface area (Å²) in [6.07, 6.45) is 1.85. The van der Waals surface area contributed by atoms with Crippen LogP contribution in [0.4, 0.5) is 11.6 Å². The minimum atomic E-state index is -1.34. The van der Waals surface area contributed by atoms with E-state index in [0.717, 1.165) is 29.2 Å². The molecular formula is C23H32N6O2. The van der Waals surface area contributed by atoms with Crippen molar-refractivity contribution in [1.29, 1.82) is 0 Å². The molecule has 0 aliphatic carbocycles. The Balaban J connectivity index is 1.35. The van der Waals surface area contributed by atoms with Crippen molar-refractivity contribution in [3.8, 4) is 0 Å². The second-order valence-corrected chi connectivity index (χ2v) is 8.70. The number of hydrogen-bond acceptors (Lipinski definition) is 7. The number of aliphatic hydroxyl groups is 1. The number of anilines is 2. The lowest BCUT2D eigenvalue weighted by atomic mass is 9.90. The molecule has 5 N–H and O–H groups in total. The lowest BCUT2D eigenvalue weighted by Crippen LogP contribution is -2.53. The van der Waals surface area contributed by atoms with Gasteiger partial charge in [-0.2, -0.15) is 0 Å². The summed E-state index contributed by atoms with van der Waals surface area (Å²) in [6.45, 7) is 5.75. The van der Waals surface area contributed by atoms with Crippen molar-refractivity contribution in [1.82, 2.24) is 21.2 Å². The highest BCUT2D eigenvalue weighted by atomic mass is 16.3. The van der Waals surface area contributed by atoms with E-state index in [1.165, 1.54) is 0 Å². The molecule has 0 saturated carbocycles. The molecule has 2 fully saturated rings. The summed E-state index contributed by atoms with van der Waals surface area (Å²) < 4.78 is 0. The molecule has 1 aromatic heterocycles. The lowest BCUT2D eigenvalue weighted by molar-refractivity contribution is -0.142.